The van der Waals surface area contributed by atoms with Gasteiger partial charge in [-0.05, 0) is 42.5 Å². The molecule has 1 saturated heterocycles. The molecular formula is C23H29NO5. The average molecular weight is 399 g/mol. The topological polar surface area (TPSA) is 114 Å². The predicted molar refractivity (Wildman–Crippen MR) is 110 cm³/mol. The minimum absolute atomic E-state index is 0.328. The number of nitriles is 1. The van der Waals surface area contributed by atoms with E-state index in [1.165, 1.54) is 5.56 Å². The molecule has 0 bridgehead atoms. The second-order valence-electron chi connectivity index (χ2n) is 7.31. The molecule has 156 valence electrons. The number of aliphatic hydroxyl groups excluding tert-OH is 4. The summed E-state index contributed by atoms with van der Waals surface area (Å²) in [6.45, 7) is 7.33. The first-order chi connectivity index (χ1) is 13.8. The number of nitrogens with zero attached hydrogens (tertiary/aromatic N) is 1. The molecular weight excluding hydrogens is 370 g/mol. The Morgan fingerprint density at radius 2 is 1.72 bits per heavy atom. The van der Waals surface area contributed by atoms with Gasteiger partial charge in [-0.25, -0.2) is 0 Å². The van der Waals surface area contributed by atoms with E-state index in [2.05, 4.69) is 31.7 Å². The van der Waals surface area contributed by atoms with Crippen molar-refractivity contribution in [3.05, 3.63) is 70.8 Å². The maximum absolute atomic E-state index is 10.2. The van der Waals surface area contributed by atoms with Gasteiger partial charge in [-0.3, -0.25) is 0 Å². The van der Waals surface area contributed by atoms with Crippen LogP contribution in [0.2, 0.25) is 0 Å². The molecule has 1 aliphatic heterocycles. The van der Waals surface area contributed by atoms with Gasteiger partial charge < -0.3 is 25.2 Å². The van der Waals surface area contributed by atoms with E-state index in [9.17, 15) is 25.7 Å². The summed E-state index contributed by atoms with van der Waals surface area (Å²) < 4.78 is 5.48. The van der Waals surface area contributed by atoms with Crippen molar-refractivity contribution in [2.45, 2.75) is 57.2 Å². The number of allylic oxidation sites excluding steroid dienone is 3. The Kier molecular flexibility index (Phi) is 8.32. The highest BCUT2D eigenvalue weighted by Gasteiger charge is 2.43. The third kappa shape index (κ3) is 5.63. The molecule has 6 nitrogen and oxygen atoms in total. The van der Waals surface area contributed by atoms with Gasteiger partial charge in [0.25, 0.3) is 0 Å². The zero-order valence-electron chi connectivity index (χ0n) is 16.8. The van der Waals surface area contributed by atoms with Gasteiger partial charge in [0.15, 0.2) is 0 Å². The second kappa shape index (κ2) is 10.5. The van der Waals surface area contributed by atoms with E-state index >= 15 is 0 Å². The van der Waals surface area contributed by atoms with Crippen LogP contribution in [0.5, 0.6) is 0 Å². The molecule has 0 aromatic heterocycles. The summed E-state index contributed by atoms with van der Waals surface area (Å²) in [5.74, 6) is 0. The predicted octanol–water partition coefficient (Wildman–Crippen LogP) is 1.59. The smallest absolute Gasteiger partial charge is 0.113 e. The summed E-state index contributed by atoms with van der Waals surface area (Å²) in [4.78, 5) is 0. The fourth-order valence-corrected chi connectivity index (χ4v) is 3.26. The third-order valence-electron chi connectivity index (χ3n) is 5.20. The summed E-state index contributed by atoms with van der Waals surface area (Å²) in [5, 5.41) is 48.8. The van der Waals surface area contributed by atoms with E-state index in [0.29, 0.717) is 17.6 Å². The van der Waals surface area contributed by atoms with Crippen molar-refractivity contribution in [2.24, 2.45) is 0 Å². The minimum Gasteiger partial charge on any atom is -0.394 e. The summed E-state index contributed by atoms with van der Waals surface area (Å²) in [5.41, 5.74) is 4.04. The minimum atomic E-state index is -1.46. The number of hydrogen-bond donors (Lipinski definition) is 4. The lowest BCUT2D eigenvalue weighted by atomic mass is 9.91. The van der Waals surface area contributed by atoms with Crippen LogP contribution in [0.3, 0.4) is 0 Å². The zero-order valence-corrected chi connectivity index (χ0v) is 16.8. The SMILES string of the molecule is C=C(/C=C\C(C#N)=C(/C)Cc1ccc(CC)cc1)[C@@H]1O[C@H](CO)[C@@H](O)[C@H](O)[C@H]1O. The van der Waals surface area contributed by atoms with Crippen molar-refractivity contribution in [1.29, 1.82) is 5.26 Å². The van der Waals surface area contributed by atoms with Crippen molar-refractivity contribution in [2.75, 3.05) is 6.61 Å². The maximum atomic E-state index is 10.2. The highest BCUT2D eigenvalue weighted by atomic mass is 16.5. The highest BCUT2D eigenvalue weighted by molar-refractivity contribution is 5.42. The molecule has 5 atom stereocenters. The molecule has 1 heterocycles. The van der Waals surface area contributed by atoms with Gasteiger partial charge in [0.05, 0.1) is 18.2 Å². The molecule has 0 aliphatic carbocycles. The number of hydrogen-bond acceptors (Lipinski definition) is 6. The molecule has 0 amide bonds. The second-order valence-corrected chi connectivity index (χ2v) is 7.31. The Balaban J connectivity index is 2.12. The Bertz CT molecular complexity index is 804. The standard InChI is InChI=1S/C23H29NO5/c1-4-16-6-8-17(9-7-16)11-15(3)18(12-24)10-5-14(2)23-22(28)21(27)20(26)19(13-25)29-23/h5-10,19-23,25-28H,2,4,11,13H2,1,3H3/b10-5-,18-15-/t19-,20-,21+,22-,23+/m1/s1. The van der Waals surface area contributed by atoms with E-state index in [4.69, 9.17) is 4.74 Å². The van der Waals surface area contributed by atoms with Gasteiger partial charge in [0.2, 0.25) is 0 Å². The maximum Gasteiger partial charge on any atom is 0.113 e. The van der Waals surface area contributed by atoms with Gasteiger partial charge in [-0.1, -0.05) is 49.4 Å². The van der Waals surface area contributed by atoms with E-state index < -0.39 is 37.1 Å². The molecule has 1 aromatic carbocycles. The Morgan fingerprint density at radius 3 is 2.28 bits per heavy atom. The Morgan fingerprint density at radius 1 is 1.10 bits per heavy atom. The summed E-state index contributed by atoms with van der Waals surface area (Å²) in [6, 6.07) is 10.4. The summed E-state index contributed by atoms with van der Waals surface area (Å²) >= 11 is 0. The first kappa shape index (κ1) is 23.0. The molecule has 2 rings (SSSR count). The first-order valence-corrected chi connectivity index (χ1v) is 9.67. The van der Waals surface area contributed by atoms with Crippen LogP contribution in [-0.2, 0) is 17.6 Å². The normalized spacial score (nSPS) is 28.1. The zero-order chi connectivity index (χ0) is 21.6. The fourth-order valence-electron chi connectivity index (χ4n) is 3.26. The van der Waals surface area contributed by atoms with Gasteiger partial charge in [-0.15, -0.1) is 0 Å². The Hall–Kier alpha value is -2.27. The lowest BCUT2D eigenvalue weighted by molar-refractivity contribution is -0.218. The lowest BCUT2D eigenvalue weighted by Gasteiger charge is -2.40. The quantitative estimate of drug-likeness (QED) is 0.409. The third-order valence-corrected chi connectivity index (χ3v) is 5.20. The first-order valence-electron chi connectivity index (χ1n) is 9.67. The van der Waals surface area contributed by atoms with Gasteiger partial charge in [0.1, 0.15) is 30.5 Å². The lowest BCUT2D eigenvalue weighted by Crippen LogP contribution is -2.58. The molecule has 0 radical (unpaired) electrons. The number of aliphatic hydroxyl groups is 4. The largest absolute Gasteiger partial charge is 0.394 e. The van der Waals surface area contributed by atoms with Crippen LogP contribution in [0.4, 0.5) is 0 Å². The van der Waals surface area contributed by atoms with Gasteiger partial charge >= 0.3 is 0 Å². The van der Waals surface area contributed by atoms with Gasteiger partial charge in [-0.2, -0.15) is 5.26 Å². The average Bonchev–Trinajstić information content (AvgIpc) is 2.73. The van der Waals surface area contributed by atoms with E-state index in [-0.39, 0.29) is 0 Å². The van der Waals surface area contributed by atoms with Crippen LogP contribution < -0.4 is 0 Å². The fraction of sp³-hybridized carbons (Fsp3) is 0.435. The Labute approximate surface area is 171 Å². The van der Waals surface area contributed by atoms with Crippen molar-refractivity contribution < 1.29 is 25.2 Å². The number of aryl methyl sites for hydroxylation is 1. The van der Waals surface area contributed by atoms with E-state index in [1.807, 2.05) is 19.1 Å². The van der Waals surface area contributed by atoms with Crippen LogP contribution >= 0.6 is 0 Å². The summed E-state index contributed by atoms with van der Waals surface area (Å²) in [6.07, 6.45) is -1.52. The molecule has 0 spiro atoms. The monoisotopic (exact) mass is 399 g/mol. The van der Waals surface area contributed by atoms with Crippen molar-refractivity contribution in [1.82, 2.24) is 0 Å². The molecule has 1 fully saturated rings. The van der Waals surface area contributed by atoms with Crippen LogP contribution in [-0.4, -0.2) is 57.6 Å². The van der Waals surface area contributed by atoms with Crippen LogP contribution in [0.15, 0.2) is 59.7 Å². The van der Waals surface area contributed by atoms with Crippen LogP contribution in [0.1, 0.15) is 25.0 Å². The van der Waals surface area contributed by atoms with E-state index in [0.717, 1.165) is 17.6 Å². The number of benzene rings is 1. The van der Waals surface area contributed by atoms with Gasteiger partial charge in [0, 0.05) is 0 Å². The van der Waals surface area contributed by atoms with Crippen LogP contribution in [0.25, 0.3) is 0 Å². The molecule has 0 unspecified atom stereocenters. The number of rotatable bonds is 7. The molecule has 6 heteroatoms. The molecule has 1 aromatic rings. The van der Waals surface area contributed by atoms with Crippen molar-refractivity contribution in [3.8, 4) is 6.07 Å². The summed E-state index contributed by atoms with van der Waals surface area (Å²) in [7, 11) is 0. The molecule has 0 saturated carbocycles. The number of ether oxygens (including phenoxy) is 1. The highest BCUT2D eigenvalue weighted by Crippen LogP contribution is 2.26. The molecule has 1 aliphatic rings. The van der Waals surface area contributed by atoms with Crippen molar-refractivity contribution in [3.63, 3.8) is 0 Å². The molecule has 29 heavy (non-hydrogen) atoms. The van der Waals surface area contributed by atoms with E-state index in [1.54, 1.807) is 12.2 Å². The van der Waals surface area contributed by atoms with Crippen LogP contribution in [0, 0.1) is 11.3 Å². The molecule has 4 N–H and O–H groups in total. The van der Waals surface area contributed by atoms with Crippen molar-refractivity contribution >= 4 is 0 Å².